The zero-order valence-corrected chi connectivity index (χ0v) is 14.4. The minimum Gasteiger partial charge on any atom is -0.497 e. The molecule has 0 saturated heterocycles. The predicted octanol–water partition coefficient (Wildman–Crippen LogP) is 1.70. The summed E-state index contributed by atoms with van der Waals surface area (Å²) < 4.78 is 8.05. The molecule has 0 saturated carbocycles. The van der Waals surface area contributed by atoms with Gasteiger partial charge in [-0.05, 0) is 44.2 Å². The van der Waals surface area contributed by atoms with E-state index in [9.17, 15) is 9.59 Å². The molecule has 130 valence electrons. The van der Waals surface area contributed by atoms with E-state index in [1.165, 1.54) is 9.08 Å². The van der Waals surface area contributed by atoms with Gasteiger partial charge in [-0.15, -0.1) is 0 Å². The molecular formula is C18H20N4O3. The van der Waals surface area contributed by atoms with Crippen molar-refractivity contribution in [3.8, 4) is 17.0 Å². The molecule has 0 aliphatic carbocycles. The molecule has 0 unspecified atom stereocenters. The number of carbonyl (C=O) groups is 1. The van der Waals surface area contributed by atoms with Crippen LogP contribution in [0.5, 0.6) is 5.75 Å². The van der Waals surface area contributed by atoms with Crippen LogP contribution in [0.1, 0.15) is 13.8 Å². The number of amides is 1. The van der Waals surface area contributed by atoms with E-state index >= 15 is 0 Å². The van der Waals surface area contributed by atoms with E-state index in [1.54, 1.807) is 25.6 Å². The molecule has 0 bridgehead atoms. The van der Waals surface area contributed by atoms with Crippen LogP contribution in [0.4, 0.5) is 0 Å². The molecule has 7 heteroatoms. The maximum absolute atomic E-state index is 12.6. The Kier molecular flexibility index (Phi) is 4.56. The average molecular weight is 340 g/mol. The first-order chi connectivity index (χ1) is 12.0. The van der Waals surface area contributed by atoms with Gasteiger partial charge in [0, 0.05) is 24.0 Å². The molecule has 2 heterocycles. The summed E-state index contributed by atoms with van der Waals surface area (Å²) in [6.07, 6.45) is 3.24. The van der Waals surface area contributed by atoms with Gasteiger partial charge in [-0.2, -0.15) is 5.10 Å². The molecule has 3 aromatic rings. The highest BCUT2D eigenvalue weighted by molar-refractivity contribution is 5.76. The quantitative estimate of drug-likeness (QED) is 0.767. The van der Waals surface area contributed by atoms with Crippen LogP contribution in [0.25, 0.3) is 16.8 Å². The minimum absolute atomic E-state index is 0.0173. The van der Waals surface area contributed by atoms with E-state index in [4.69, 9.17) is 4.74 Å². The highest BCUT2D eigenvalue weighted by Gasteiger charge is 2.11. The topological polar surface area (TPSA) is 77.6 Å². The summed E-state index contributed by atoms with van der Waals surface area (Å²) >= 11 is 0. The third kappa shape index (κ3) is 3.55. The van der Waals surface area contributed by atoms with Crippen LogP contribution in [0.15, 0.2) is 47.5 Å². The number of carbonyl (C=O) groups excluding carboxylic acids is 1. The largest absolute Gasteiger partial charge is 0.497 e. The summed E-state index contributed by atoms with van der Waals surface area (Å²) in [7, 11) is 1.61. The Labute approximate surface area is 144 Å². The molecule has 0 aliphatic rings. The highest BCUT2D eigenvalue weighted by Crippen LogP contribution is 2.21. The number of fused-ring (bicyclic) bond motifs is 1. The second-order valence-electron chi connectivity index (χ2n) is 6.04. The first-order valence-corrected chi connectivity index (χ1v) is 8.00. The molecule has 1 aromatic carbocycles. The Hall–Kier alpha value is -3.09. The molecule has 0 radical (unpaired) electrons. The van der Waals surface area contributed by atoms with E-state index in [0.717, 1.165) is 11.3 Å². The number of aromatic nitrogens is 3. The van der Waals surface area contributed by atoms with Crippen LogP contribution in [0, 0.1) is 0 Å². The van der Waals surface area contributed by atoms with E-state index in [-0.39, 0.29) is 24.1 Å². The van der Waals surface area contributed by atoms with Crippen molar-refractivity contribution in [2.75, 3.05) is 7.11 Å². The first-order valence-electron chi connectivity index (χ1n) is 8.00. The molecule has 7 nitrogen and oxygen atoms in total. The van der Waals surface area contributed by atoms with Crippen molar-refractivity contribution in [2.24, 2.45) is 0 Å². The molecule has 0 fully saturated rings. The Morgan fingerprint density at radius 2 is 1.96 bits per heavy atom. The number of nitrogens with one attached hydrogen (secondary N) is 1. The van der Waals surface area contributed by atoms with Crippen LogP contribution in [-0.2, 0) is 11.3 Å². The molecule has 0 spiro atoms. The lowest BCUT2D eigenvalue weighted by molar-refractivity contribution is -0.122. The standard InChI is InChI=1S/C18H20N4O3/c1-12(2)19-17(23)11-21-8-9-22-16(18(21)24)10-15(20-22)13-4-6-14(25-3)7-5-13/h4-10,12H,11H2,1-3H3,(H,19,23). The van der Waals surface area contributed by atoms with E-state index in [0.29, 0.717) is 11.2 Å². The van der Waals surface area contributed by atoms with Gasteiger partial charge >= 0.3 is 0 Å². The first kappa shape index (κ1) is 16.8. The van der Waals surface area contributed by atoms with E-state index in [1.807, 2.05) is 38.1 Å². The van der Waals surface area contributed by atoms with Gasteiger partial charge in [0.05, 0.1) is 12.8 Å². The second kappa shape index (κ2) is 6.80. The third-order valence-electron chi connectivity index (χ3n) is 3.75. The summed E-state index contributed by atoms with van der Waals surface area (Å²) in [6, 6.07) is 9.20. The lowest BCUT2D eigenvalue weighted by atomic mass is 10.1. The normalized spacial score (nSPS) is 11.0. The molecular weight excluding hydrogens is 320 g/mol. The maximum atomic E-state index is 12.6. The van der Waals surface area contributed by atoms with Crippen molar-refractivity contribution in [3.63, 3.8) is 0 Å². The fourth-order valence-corrected chi connectivity index (χ4v) is 2.58. The van der Waals surface area contributed by atoms with Crippen LogP contribution < -0.4 is 15.6 Å². The summed E-state index contributed by atoms with van der Waals surface area (Å²) in [6.45, 7) is 3.74. The number of methoxy groups -OCH3 is 1. The smallest absolute Gasteiger partial charge is 0.277 e. The molecule has 1 N–H and O–H groups in total. The Bertz CT molecular complexity index is 955. The van der Waals surface area contributed by atoms with Crippen LogP contribution in [0.3, 0.4) is 0 Å². The lowest BCUT2D eigenvalue weighted by Crippen LogP contribution is -2.36. The predicted molar refractivity (Wildman–Crippen MR) is 94.7 cm³/mol. The Morgan fingerprint density at radius 1 is 1.24 bits per heavy atom. The van der Waals surface area contributed by atoms with Crippen LogP contribution in [0.2, 0.25) is 0 Å². The number of ether oxygens (including phenoxy) is 1. The lowest BCUT2D eigenvalue weighted by Gasteiger charge is -2.09. The molecule has 3 rings (SSSR count). The van der Waals surface area contributed by atoms with Crippen molar-refractivity contribution in [1.29, 1.82) is 0 Å². The second-order valence-corrected chi connectivity index (χ2v) is 6.04. The van der Waals surface area contributed by atoms with E-state index < -0.39 is 0 Å². The van der Waals surface area contributed by atoms with Gasteiger partial charge in [0.15, 0.2) is 0 Å². The Morgan fingerprint density at radius 3 is 2.60 bits per heavy atom. The van der Waals surface area contributed by atoms with Gasteiger partial charge < -0.3 is 14.6 Å². The highest BCUT2D eigenvalue weighted by atomic mass is 16.5. The molecule has 25 heavy (non-hydrogen) atoms. The number of rotatable bonds is 5. The molecule has 1 amide bonds. The van der Waals surface area contributed by atoms with Crippen molar-refractivity contribution < 1.29 is 9.53 Å². The van der Waals surface area contributed by atoms with Crippen molar-refractivity contribution in [2.45, 2.75) is 26.4 Å². The molecule has 0 aliphatic heterocycles. The zero-order chi connectivity index (χ0) is 18.0. The van der Waals surface area contributed by atoms with Crippen molar-refractivity contribution in [3.05, 3.63) is 53.1 Å². The summed E-state index contributed by atoms with van der Waals surface area (Å²) in [5, 5.41) is 7.21. The zero-order valence-electron chi connectivity index (χ0n) is 14.4. The maximum Gasteiger partial charge on any atom is 0.277 e. The van der Waals surface area contributed by atoms with Crippen LogP contribution in [-0.4, -0.2) is 33.2 Å². The summed E-state index contributed by atoms with van der Waals surface area (Å²) in [4.78, 5) is 24.5. The number of nitrogens with zero attached hydrogens (tertiary/aromatic N) is 3. The van der Waals surface area contributed by atoms with Gasteiger partial charge in [0.1, 0.15) is 17.8 Å². The average Bonchev–Trinajstić information content (AvgIpc) is 3.02. The van der Waals surface area contributed by atoms with E-state index in [2.05, 4.69) is 10.4 Å². The third-order valence-corrected chi connectivity index (χ3v) is 3.75. The van der Waals surface area contributed by atoms with Gasteiger partial charge in [-0.25, -0.2) is 4.52 Å². The van der Waals surface area contributed by atoms with Gasteiger partial charge in [-0.3, -0.25) is 9.59 Å². The molecule has 2 aromatic heterocycles. The number of hydrogen-bond donors (Lipinski definition) is 1. The number of benzene rings is 1. The SMILES string of the molecule is COc1ccc(-c2cc3c(=O)n(CC(=O)NC(C)C)ccn3n2)cc1. The number of hydrogen-bond acceptors (Lipinski definition) is 4. The van der Waals surface area contributed by atoms with Crippen molar-refractivity contribution in [1.82, 2.24) is 19.5 Å². The molecule has 0 atom stereocenters. The summed E-state index contributed by atoms with van der Waals surface area (Å²) in [5.74, 6) is 0.558. The minimum atomic E-state index is -0.256. The van der Waals surface area contributed by atoms with Gasteiger partial charge in [0.2, 0.25) is 5.91 Å². The monoisotopic (exact) mass is 340 g/mol. The van der Waals surface area contributed by atoms with Gasteiger partial charge in [0.25, 0.3) is 5.56 Å². The summed E-state index contributed by atoms with van der Waals surface area (Å²) in [5.41, 5.74) is 1.73. The van der Waals surface area contributed by atoms with Gasteiger partial charge in [-0.1, -0.05) is 0 Å². The fourth-order valence-electron chi connectivity index (χ4n) is 2.58. The Balaban J connectivity index is 1.93. The van der Waals surface area contributed by atoms with Crippen molar-refractivity contribution >= 4 is 11.4 Å². The van der Waals surface area contributed by atoms with Crippen LogP contribution >= 0.6 is 0 Å². The fraction of sp³-hybridized carbons (Fsp3) is 0.278.